The van der Waals surface area contributed by atoms with Crippen molar-refractivity contribution < 1.29 is 4.74 Å². The van der Waals surface area contributed by atoms with Crippen molar-refractivity contribution in [3.05, 3.63) is 66.9 Å². The molecule has 2 aromatic heterocycles. The lowest BCUT2D eigenvalue weighted by molar-refractivity contribution is 0.340. The zero-order valence-corrected chi connectivity index (χ0v) is 14.6. The molecule has 0 bridgehead atoms. The van der Waals surface area contributed by atoms with E-state index in [-0.39, 0.29) is 0 Å². The molecule has 0 amide bonds. The van der Waals surface area contributed by atoms with Crippen molar-refractivity contribution in [1.82, 2.24) is 15.0 Å². The number of fused-ring (bicyclic) bond motifs is 1. The summed E-state index contributed by atoms with van der Waals surface area (Å²) in [5.41, 5.74) is 3.97. The number of hydrogen-bond donors (Lipinski definition) is 1. The fourth-order valence-corrected chi connectivity index (χ4v) is 3.61. The van der Waals surface area contributed by atoms with Gasteiger partial charge in [-0.2, -0.15) is 0 Å². The summed E-state index contributed by atoms with van der Waals surface area (Å²) in [5, 5.41) is 0.870. The Morgan fingerprint density at radius 1 is 1.04 bits per heavy atom. The second-order valence-corrected chi connectivity index (χ2v) is 6.50. The maximum Gasteiger partial charge on any atom is 0.171 e. The van der Waals surface area contributed by atoms with Crippen molar-refractivity contribution in [2.24, 2.45) is 0 Å². The van der Waals surface area contributed by atoms with Gasteiger partial charge in [-0.1, -0.05) is 42.1 Å². The lowest BCUT2D eigenvalue weighted by atomic mass is 10.1. The van der Waals surface area contributed by atoms with Gasteiger partial charge in [0.1, 0.15) is 5.75 Å². The van der Waals surface area contributed by atoms with Crippen LogP contribution < -0.4 is 4.74 Å². The molecule has 0 aliphatic carbocycles. The van der Waals surface area contributed by atoms with E-state index in [1.165, 1.54) is 0 Å². The van der Waals surface area contributed by atoms with E-state index in [1.54, 1.807) is 18.0 Å². The third-order valence-electron chi connectivity index (χ3n) is 3.78. The van der Waals surface area contributed by atoms with E-state index in [9.17, 15) is 0 Å². The van der Waals surface area contributed by atoms with Gasteiger partial charge in [-0.15, -0.1) is 0 Å². The molecule has 25 heavy (non-hydrogen) atoms. The maximum absolute atomic E-state index is 5.60. The second-order valence-electron chi connectivity index (χ2n) is 5.47. The average Bonchev–Trinajstić information content (AvgIpc) is 3.05. The van der Waals surface area contributed by atoms with E-state index in [0.29, 0.717) is 6.61 Å². The van der Waals surface area contributed by atoms with Gasteiger partial charge in [0.25, 0.3) is 0 Å². The number of rotatable bonds is 5. The number of aromatic amines is 1. The van der Waals surface area contributed by atoms with Crippen LogP contribution in [-0.2, 0) is 0 Å². The van der Waals surface area contributed by atoms with Crippen molar-refractivity contribution in [3.63, 3.8) is 0 Å². The molecule has 2 heterocycles. The minimum atomic E-state index is 0.638. The number of nitrogens with zero attached hydrogens (tertiary/aromatic N) is 2. The average molecular weight is 347 g/mol. The van der Waals surface area contributed by atoms with Crippen molar-refractivity contribution in [2.45, 2.75) is 17.0 Å². The summed E-state index contributed by atoms with van der Waals surface area (Å²) < 4.78 is 5.60. The van der Waals surface area contributed by atoms with Gasteiger partial charge >= 0.3 is 0 Å². The number of hydrogen-bond acceptors (Lipinski definition) is 4. The van der Waals surface area contributed by atoms with Crippen molar-refractivity contribution >= 4 is 22.8 Å². The molecule has 5 heteroatoms. The zero-order valence-electron chi connectivity index (χ0n) is 13.8. The second kappa shape index (κ2) is 6.99. The highest BCUT2D eigenvalue weighted by Crippen LogP contribution is 2.35. The molecule has 0 aliphatic rings. The molecule has 4 aromatic rings. The summed E-state index contributed by atoms with van der Waals surface area (Å²) in [4.78, 5) is 13.6. The number of para-hydroxylation sites is 2. The Morgan fingerprint density at radius 3 is 2.76 bits per heavy atom. The maximum atomic E-state index is 5.60. The highest BCUT2D eigenvalue weighted by atomic mass is 32.2. The van der Waals surface area contributed by atoms with E-state index in [2.05, 4.69) is 27.1 Å². The molecular formula is C20H17N3OS. The summed E-state index contributed by atoms with van der Waals surface area (Å²) in [5.74, 6) is 0.830. The van der Waals surface area contributed by atoms with Gasteiger partial charge in [0.15, 0.2) is 5.16 Å². The Hall–Kier alpha value is -2.79. The first kappa shape index (κ1) is 15.7. The Kier molecular flexibility index (Phi) is 4.39. The summed E-state index contributed by atoms with van der Waals surface area (Å²) >= 11 is 1.61. The van der Waals surface area contributed by atoms with Gasteiger partial charge in [-0.05, 0) is 31.2 Å². The molecule has 0 atom stereocenters. The van der Waals surface area contributed by atoms with Crippen LogP contribution in [0.1, 0.15) is 6.92 Å². The summed E-state index contributed by atoms with van der Waals surface area (Å²) in [6.45, 7) is 2.62. The molecule has 0 fully saturated rings. The van der Waals surface area contributed by atoms with Gasteiger partial charge in [-0.3, -0.25) is 4.98 Å². The Balaban J connectivity index is 1.70. The smallest absolute Gasteiger partial charge is 0.171 e. The van der Waals surface area contributed by atoms with Gasteiger partial charge < -0.3 is 9.72 Å². The van der Waals surface area contributed by atoms with Gasteiger partial charge in [0.2, 0.25) is 0 Å². The first-order chi connectivity index (χ1) is 12.3. The highest BCUT2D eigenvalue weighted by Gasteiger charge is 2.11. The number of nitrogens with one attached hydrogen (secondary N) is 1. The Bertz CT molecular complexity index is 979. The Labute approximate surface area is 150 Å². The molecule has 0 saturated heterocycles. The normalized spacial score (nSPS) is 10.9. The first-order valence-electron chi connectivity index (χ1n) is 8.14. The number of H-pyrrole nitrogens is 1. The fourth-order valence-electron chi connectivity index (χ4n) is 2.66. The van der Waals surface area contributed by atoms with E-state index < -0.39 is 0 Å². The SMILES string of the molecule is CCOc1ccnc(-c2ccccc2Sc2nc3ccccc3[nH]2)c1. The van der Waals surface area contributed by atoms with E-state index in [4.69, 9.17) is 4.74 Å². The van der Waals surface area contributed by atoms with Crippen molar-refractivity contribution in [3.8, 4) is 17.0 Å². The number of benzene rings is 2. The van der Waals surface area contributed by atoms with E-state index >= 15 is 0 Å². The fraction of sp³-hybridized carbons (Fsp3) is 0.100. The third-order valence-corrected chi connectivity index (χ3v) is 4.74. The first-order valence-corrected chi connectivity index (χ1v) is 8.96. The van der Waals surface area contributed by atoms with Crippen LogP contribution >= 0.6 is 11.8 Å². The van der Waals surface area contributed by atoms with Crippen molar-refractivity contribution in [1.29, 1.82) is 0 Å². The summed E-state index contributed by atoms with van der Waals surface area (Å²) in [7, 11) is 0. The molecule has 1 N–H and O–H groups in total. The zero-order chi connectivity index (χ0) is 17.1. The minimum Gasteiger partial charge on any atom is -0.494 e. The number of ether oxygens (including phenoxy) is 1. The number of imidazole rings is 1. The molecule has 0 aliphatic heterocycles. The molecule has 4 rings (SSSR count). The summed E-state index contributed by atoms with van der Waals surface area (Å²) in [6.07, 6.45) is 1.78. The van der Waals surface area contributed by atoms with Gasteiger partial charge in [0, 0.05) is 22.7 Å². The quantitative estimate of drug-likeness (QED) is 0.541. The van der Waals surface area contributed by atoms with Crippen LogP contribution in [0.2, 0.25) is 0 Å². The highest BCUT2D eigenvalue weighted by molar-refractivity contribution is 7.99. The topological polar surface area (TPSA) is 50.8 Å². The Morgan fingerprint density at radius 2 is 1.88 bits per heavy atom. The monoisotopic (exact) mass is 347 g/mol. The molecule has 0 unspecified atom stereocenters. The minimum absolute atomic E-state index is 0.638. The van der Waals surface area contributed by atoms with E-state index in [1.807, 2.05) is 55.5 Å². The predicted molar refractivity (Wildman–Crippen MR) is 101 cm³/mol. The van der Waals surface area contributed by atoms with Crippen LogP contribution in [0, 0.1) is 0 Å². The largest absolute Gasteiger partial charge is 0.494 e. The van der Waals surface area contributed by atoms with Gasteiger partial charge in [0.05, 0.1) is 23.3 Å². The van der Waals surface area contributed by atoms with Crippen LogP contribution in [0.15, 0.2) is 76.9 Å². The lowest BCUT2D eigenvalue weighted by Crippen LogP contribution is -1.93. The molecule has 0 spiro atoms. The molecule has 2 aromatic carbocycles. The van der Waals surface area contributed by atoms with Crippen LogP contribution in [0.4, 0.5) is 0 Å². The molecule has 4 nitrogen and oxygen atoms in total. The van der Waals surface area contributed by atoms with Gasteiger partial charge in [-0.25, -0.2) is 4.98 Å². The molecule has 0 radical (unpaired) electrons. The lowest BCUT2D eigenvalue weighted by Gasteiger charge is -2.09. The predicted octanol–water partition coefficient (Wildman–Crippen LogP) is 5.17. The number of pyridine rings is 1. The van der Waals surface area contributed by atoms with Crippen LogP contribution in [0.5, 0.6) is 5.75 Å². The standard InChI is InChI=1S/C20H17N3OS/c1-2-24-14-11-12-21-18(13-14)15-7-3-6-10-19(15)25-20-22-16-8-4-5-9-17(16)23-20/h3-13H,2H2,1H3,(H,22,23). The number of aromatic nitrogens is 3. The van der Waals surface area contributed by atoms with Crippen LogP contribution in [-0.4, -0.2) is 21.6 Å². The molecular weight excluding hydrogens is 330 g/mol. The van der Waals surface area contributed by atoms with Crippen molar-refractivity contribution in [2.75, 3.05) is 6.61 Å². The van der Waals surface area contributed by atoms with E-state index in [0.717, 1.165) is 38.1 Å². The third kappa shape index (κ3) is 3.37. The molecule has 0 saturated carbocycles. The van der Waals surface area contributed by atoms with Crippen LogP contribution in [0.3, 0.4) is 0 Å². The molecule has 124 valence electrons. The summed E-state index contributed by atoms with van der Waals surface area (Å²) in [6, 6.07) is 20.1. The van der Waals surface area contributed by atoms with Crippen LogP contribution in [0.25, 0.3) is 22.3 Å².